The summed E-state index contributed by atoms with van der Waals surface area (Å²) in [6.45, 7) is 3.66. The normalized spacial score (nSPS) is 25.9. The summed E-state index contributed by atoms with van der Waals surface area (Å²) in [5.41, 5.74) is 0. The third kappa shape index (κ3) is 2.61. The molecule has 0 aromatic rings. The minimum absolute atomic E-state index is 0.372. The Morgan fingerprint density at radius 1 is 1.41 bits per heavy atom. The smallest absolute Gasteiger partial charge is 0.243 e. The zero-order valence-corrected chi connectivity index (χ0v) is 11.4. The summed E-state index contributed by atoms with van der Waals surface area (Å²) in [6, 6.07) is -0.372. The number of rotatable bonds is 3. The summed E-state index contributed by atoms with van der Waals surface area (Å²) in [6.07, 6.45) is 0.390. The van der Waals surface area contributed by atoms with E-state index in [1.807, 2.05) is 0 Å². The summed E-state index contributed by atoms with van der Waals surface area (Å²) >= 11 is 0. The lowest BCUT2D eigenvalue weighted by atomic mass is 10.1. The lowest BCUT2D eigenvalue weighted by Crippen LogP contribution is -2.54. The van der Waals surface area contributed by atoms with Crippen molar-refractivity contribution >= 4 is 15.7 Å². The Kier molecular flexibility index (Phi) is 3.85. The molecule has 6 nitrogen and oxygen atoms in total. The Bertz CT molecular complexity index is 405. The highest BCUT2D eigenvalue weighted by Crippen LogP contribution is 2.20. The first-order valence-electron chi connectivity index (χ1n) is 5.44. The average molecular weight is 264 g/mol. The fraction of sp³-hybridized carbons (Fsp3) is 0.900. The number of aliphatic hydroxyl groups excluding tert-OH is 1. The van der Waals surface area contributed by atoms with Crippen molar-refractivity contribution in [1.29, 1.82) is 0 Å². The van der Waals surface area contributed by atoms with Gasteiger partial charge in [-0.3, -0.25) is 4.79 Å². The number of nitrogens with one attached hydrogen (secondary N) is 1. The number of sulfone groups is 1. The zero-order valence-electron chi connectivity index (χ0n) is 10.6. The number of aliphatic hydroxyl groups is 1. The lowest BCUT2D eigenvalue weighted by Gasteiger charge is -2.32. The van der Waals surface area contributed by atoms with E-state index in [0.717, 1.165) is 6.26 Å². The molecule has 0 aromatic heterocycles. The second kappa shape index (κ2) is 4.55. The lowest BCUT2D eigenvalue weighted by molar-refractivity contribution is -0.135. The van der Waals surface area contributed by atoms with Gasteiger partial charge in [0.2, 0.25) is 5.91 Å². The maximum atomic E-state index is 12.2. The van der Waals surface area contributed by atoms with Gasteiger partial charge in [-0.2, -0.15) is 0 Å². The van der Waals surface area contributed by atoms with Crippen molar-refractivity contribution in [2.75, 3.05) is 26.4 Å². The highest BCUT2D eigenvalue weighted by Gasteiger charge is 2.43. The SMILES string of the molecule is CN(C(=O)C(C)(C)S(C)(=O)=O)[C@@H]1CNC[C@H]1O. The third-order valence-electron chi connectivity index (χ3n) is 3.41. The van der Waals surface area contributed by atoms with Crippen LogP contribution in [0.2, 0.25) is 0 Å². The summed E-state index contributed by atoms with van der Waals surface area (Å²) < 4.78 is 21.7. The van der Waals surface area contributed by atoms with Gasteiger partial charge in [-0.15, -0.1) is 0 Å². The molecule has 0 unspecified atom stereocenters. The first-order chi connectivity index (χ1) is 7.59. The van der Waals surface area contributed by atoms with Crippen LogP contribution in [0.25, 0.3) is 0 Å². The highest BCUT2D eigenvalue weighted by molar-refractivity contribution is 7.92. The number of hydrogen-bond donors (Lipinski definition) is 2. The molecule has 1 amide bonds. The first-order valence-corrected chi connectivity index (χ1v) is 7.34. The van der Waals surface area contributed by atoms with E-state index in [2.05, 4.69) is 5.32 Å². The van der Waals surface area contributed by atoms with Gasteiger partial charge in [-0.1, -0.05) is 0 Å². The fourth-order valence-corrected chi connectivity index (χ4v) is 2.24. The van der Waals surface area contributed by atoms with Crippen molar-refractivity contribution in [2.45, 2.75) is 30.7 Å². The van der Waals surface area contributed by atoms with Crippen LogP contribution in [0.1, 0.15) is 13.8 Å². The Balaban J connectivity index is 2.90. The van der Waals surface area contributed by atoms with Crippen molar-refractivity contribution in [3.63, 3.8) is 0 Å². The van der Waals surface area contributed by atoms with Gasteiger partial charge in [0.1, 0.15) is 4.75 Å². The number of carbonyl (C=O) groups is 1. The highest BCUT2D eigenvalue weighted by atomic mass is 32.2. The van der Waals surface area contributed by atoms with Gasteiger partial charge in [0.05, 0.1) is 12.1 Å². The van der Waals surface area contributed by atoms with E-state index in [4.69, 9.17) is 0 Å². The van der Waals surface area contributed by atoms with Gasteiger partial charge in [-0.25, -0.2) is 8.42 Å². The van der Waals surface area contributed by atoms with E-state index in [1.165, 1.54) is 25.8 Å². The predicted molar refractivity (Wildman–Crippen MR) is 64.4 cm³/mol. The van der Waals surface area contributed by atoms with Gasteiger partial charge in [0, 0.05) is 26.4 Å². The molecule has 0 radical (unpaired) electrons. The molecule has 1 rings (SSSR count). The van der Waals surface area contributed by atoms with Crippen LogP contribution < -0.4 is 5.32 Å². The maximum Gasteiger partial charge on any atom is 0.243 e. The van der Waals surface area contributed by atoms with Crippen LogP contribution in [-0.4, -0.2) is 67.6 Å². The molecule has 0 saturated carbocycles. The van der Waals surface area contributed by atoms with Gasteiger partial charge >= 0.3 is 0 Å². The van der Waals surface area contributed by atoms with Crippen molar-refractivity contribution in [1.82, 2.24) is 10.2 Å². The van der Waals surface area contributed by atoms with Crippen LogP contribution in [0.4, 0.5) is 0 Å². The maximum absolute atomic E-state index is 12.2. The second-order valence-electron chi connectivity index (χ2n) is 4.99. The predicted octanol–water partition coefficient (Wildman–Crippen LogP) is -1.40. The quantitative estimate of drug-likeness (QED) is 0.655. The number of nitrogens with zero attached hydrogens (tertiary/aromatic N) is 1. The molecule has 100 valence electrons. The van der Waals surface area contributed by atoms with Crippen LogP contribution in [0.5, 0.6) is 0 Å². The van der Waals surface area contributed by atoms with Crippen LogP contribution in [-0.2, 0) is 14.6 Å². The van der Waals surface area contributed by atoms with E-state index in [0.29, 0.717) is 13.1 Å². The van der Waals surface area contributed by atoms with Crippen LogP contribution in [0.15, 0.2) is 0 Å². The molecule has 1 aliphatic rings. The van der Waals surface area contributed by atoms with E-state index in [-0.39, 0.29) is 6.04 Å². The van der Waals surface area contributed by atoms with Crippen LogP contribution >= 0.6 is 0 Å². The number of hydrogen-bond acceptors (Lipinski definition) is 5. The van der Waals surface area contributed by atoms with E-state index >= 15 is 0 Å². The van der Waals surface area contributed by atoms with Gasteiger partial charge < -0.3 is 15.3 Å². The molecule has 1 fully saturated rings. The van der Waals surface area contributed by atoms with Gasteiger partial charge in [0.25, 0.3) is 0 Å². The minimum Gasteiger partial charge on any atom is -0.390 e. The van der Waals surface area contributed by atoms with Crippen molar-refractivity contribution in [3.8, 4) is 0 Å². The topological polar surface area (TPSA) is 86.7 Å². The van der Waals surface area contributed by atoms with Crippen molar-refractivity contribution < 1.29 is 18.3 Å². The molecular weight excluding hydrogens is 244 g/mol. The molecule has 0 spiro atoms. The molecule has 1 aliphatic heterocycles. The minimum atomic E-state index is -3.49. The number of carbonyl (C=O) groups excluding carboxylic acids is 1. The van der Waals surface area contributed by atoms with E-state index in [1.54, 1.807) is 0 Å². The molecular formula is C10H20N2O4S. The molecule has 7 heteroatoms. The largest absolute Gasteiger partial charge is 0.390 e. The molecule has 2 atom stereocenters. The van der Waals surface area contributed by atoms with Gasteiger partial charge in [0.15, 0.2) is 9.84 Å². The summed E-state index contributed by atoms with van der Waals surface area (Å²) in [4.78, 5) is 13.5. The average Bonchev–Trinajstić information content (AvgIpc) is 2.60. The van der Waals surface area contributed by atoms with Crippen LogP contribution in [0.3, 0.4) is 0 Å². The monoisotopic (exact) mass is 264 g/mol. The van der Waals surface area contributed by atoms with Crippen molar-refractivity contribution in [3.05, 3.63) is 0 Å². The molecule has 1 saturated heterocycles. The van der Waals surface area contributed by atoms with Gasteiger partial charge in [-0.05, 0) is 13.8 Å². The number of likely N-dealkylation sites (N-methyl/N-ethyl adjacent to an activating group) is 1. The van der Waals surface area contributed by atoms with E-state index in [9.17, 15) is 18.3 Å². The number of β-amino-alcohol motifs (C(OH)–C–C–N with tert-alkyl or cyclic N) is 1. The van der Waals surface area contributed by atoms with Crippen molar-refractivity contribution in [2.24, 2.45) is 0 Å². The first kappa shape index (κ1) is 14.4. The zero-order chi connectivity index (χ0) is 13.4. The summed E-state index contributed by atoms with van der Waals surface area (Å²) in [5.74, 6) is -0.493. The summed E-state index contributed by atoms with van der Waals surface area (Å²) in [7, 11) is -1.96. The number of amides is 1. The molecule has 0 aromatic carbocycles. The second-order valence-corrected chi connectivity index (χ2v) is 7.56. The Morgan fingerprint density at radius 3 is 2.29 bits per heavy atom. The Morgan fingerprint density at radius 2 is 1.94 bits per heavy atom. The molecule has 0 bridgehead atoms. The standard InChI is InChI=1S/C10H20N2O4S/c1-10(2,17(4,15)16)9(14)12(3)7-5-11-6-8(7)13/h7-8,11,13H,5-6H2,1-4H3/t7-,8-/m1/s1. The summed E-state index contributed by atoms with van der Waals surface area (Å²) in [5, 5.41) is 12.6. The fourth-order valence-electron chi connectivity index (χ4n) is 1.78. The molecule has 2 N–H and O–H groups in total. The molecule has 0 aliphatic carbocycles. The Hall–Kier alpha value is -0.660. The molecule has 17 heavy (non-hydrogen) atoms. The van der Waals surface area contributed by atoms with Crippen LogP contribution in [0, 0.1) is 0 Å². The third-order valence-corrected chi connectivity index (χ3v) is 5.44. The Labute approximate surface area is 102 Å². The van der Waals surface area contributed by atoms with E-state index < -0.39 is 26.6 Å². The molecule has 1 heterocycles.